The summed E-state index contributed by atoms with van der Waals surface area (Å²) in [7, 11) is 0. The molecule has 7 heteroatoms. The van der Waals surface area contributed by atoms with Crippen molar-refractivity contribution in [1.82, 2.24) is 5.32 Å². The zero-order valence-electron chi connectivity index (χ0n) is 12.7. The van der Waals surface area contributed by atoms with Crippen molar-refractivity contribution in [2.75, 3.05) is 5.32 Å². The first-order valence-corrected chi connectivity index (χ1v) is 7.51. The van der Waals surface area contributed by atoms with Crippen LogP contribution in [-0.2, 0) is 4.79 Å². The average Bonchev–Trinajstić information content (AvgIpc) is 2.46. The fourth-order valence-corrected chi connectivity index (χ4v) is 2.83. The lowest BCUT2D eigenvalue weighted by Gasteiger charge is -2.31. The molecule has 0 bridgehead atoms. The van der Waals surface area contributed by atoms with E-state index in [0.29, 0.717) is 24.1 Å². The fraction of sp³-hybridized carbons (Fsp3) is 0.500. The molecule has 2 rings (SSSR count). The summed E-state index contributed by atoms with van der Waals surface area (Å²) in [5, 5.41) is 5.23. The Labute approximate surface area is 132 Å². The topological polar surface area (TPSA) is 58.2 Å². The molecule has 0 heterocycles. The minimum atomic E-state index is -4.21. The Kier molecular flexibility index (Phi) is 5.28. The first-order valence-electron chi connectivity index (χ1n) is 7.51. The van der Waals surface area contributed by atoms with Gasteiger partial charge in [-0.25, -0.2) is 0 Å². The molecule has 2 atom stereocenters. The van der Waals surface area contributed by atoms with Gasteiger partial charge in [-0.3, -0.25) is 9.59 Å². The quantitative estimate of drug-likeness (QED) is 0.892. The molecular formula is C16H19F3N2O2. The molecule has 0 aliphatic heterocycles. The SMILES string of the molecule is CC(=O)Nc1cccc(C(=O)N[C@H]2CCC[C@@H](C(F)(F)F)C2)c1. The van der Waals surface area contributed by atoms with Gasteiger partial charge in [0, 0.05) is 24.2 Å². The molecule has 1 aliphatic rings. The van der Waals surface area contributed by atoms with Gasteiger partial charge in [0.15, 0.2) is 0 Å². The molecule has 0 saturated heterocycles. The van der Waals surface area contributed by atoms with E-state index in [-0.39, 0.29) is 18.7 Å². The van der Waals surface area contributed by atoms with Crippen molar-refractivity contribution in [3.63, 3.8) is 0 Å². The van der Waals surface area contributed by atoms with Gasteiger partial charge in [0.25, 0.3) is 5.91 Å². The van der Waals surface area contributed by atoms with Gasteiger partial charge in [-0.1, -0.05) is 12.5 Å². The number of amides is 2. The highest BCUT2D eigenvalue weighted by Gasteiger charge is 2.42. The third-order valence-electron chi connectivity index (χ3n) is 3.92. The summed E-state index contributed by atoms with van der Waals surface area (Å²) in [6.45, 7) is 1.35. The number of hydrogen-bond acceptors (Lipinski definition) is 2. The molecule has 2 amide bonds. The number of carbonyl (C=O) groups excluding carboxylic acids is 2. The van der Waals surface area contributed by atoms with Gasteiger partial charge in [-0.15, -0.1) is 0 Å². The Hall–Kier alpha value is -2.05. The molecule has 126 valence electrons. The van der Waals surface area contributed by atoms with E-state index in [9.17, 15) is 22.8 Å². The van der Waals surface area contributed by atoms with Crippen LogP contribution in [0.3, 0.4) is 0 Å². The van der Waals surface area contributed by atoms with Gasteiger partial charge < -0.3 is 10.6 Å². The summed E-state index contributed by atoms with van der Waals surface area (Å²) in [5.74, 6) is -2.04. The van der Waals surface area contributed by atoms with E-state index in [1.165, 1.54) is 13.0 Å². The van der Waals surface area contributed by atoms with Crippen molar-refractivity contribution in [2.24, 2.45) is 5.92 Å². The maximum Gasteiger partial charge on any atom is 0.391 e. The Morgan fingerprint density at radius 3 is 2.61 bits per heavy atom. The van der Waals surface area contributed by atoms with Crippen LogP contribution in [0.4, 0.5) is 18.9 Å². The Morgan fingerprint density at radius 1 is 1.22 bits per heavy atom. The van der Waals surface area contributed by atoms with E-state index in [0.717, 1.165) is 0 Å². The highest BCUT2D eigenvalue weighted by molar-refractivity contribution is 5.96. The predicted octanol–water partition coefficient (Wildman–Crippen LogP) is 3.50. The smallest absolute Gasteiger partial charge is 0.349 e. The summed E-state index contributed by atoms with van der Waals surface area (Å²) < 4.78 is 38.4. The van der Waals surface area contributed by atoms with Crippen molar-refractivity contribution in [2.45, 2.75) is 44.8 Å². The van der Waals surface area contributed by atoms with Crippen LogP contribution in [0.25, 0.3) is 0 Å². The number of rotatable bonds is 3. The lowest BCUT2D eigenvalue weighted by molar-refractivity contribution is -0.183. The molecule has 0 radical (unpaired) electrons. The number of halogens is 3. The van der Waals surface area contributed by atoms with Crippen molar-refractivity contribution in [3.8, 4) is 0 Å². The molecule has 0 unspecified atom stereocenters. The number of carbonyl (C=O) groups is 2. The normalized spacial score (nSPS) is 21.6. The lowest BCUT2D eigenvalue weighted by atomic mass is 9.85. The molecule has 4 nitrogen and oxygen atoms in total. The molecular weight excluding hydrogens is 309 g/mol. The van der Waals surface area contributed by atoms with Crippen LogP contribution in [0.5, 0.6) is 0 Å². The maximum absolute atomic E-state index is 12.8. The van der Waals surface area contributed by atoms with Crippen molar-refractivity contribution < 1.29 is 22.8 Å². The average molecular weight is 328 g/mol. The van der Waals surface area contributed by atoms with Crippen LogP contribution in [0.15, 0.2) is 24.3 Å². The van der Waals surface area contributed by atoms with Crippen LogP contribution in [0.2, 0.25) is 0 Å². The van der Waals surface area contributed by atoms with Gasteiger partial charge >= 0.3 is 6.18 Å². The minimum absolute atomic E-state index is 0.0827. The summed E-state index contributed by atoms with van der Waals surface area (Å²) in [6.07, 6.45) is -3.19. The molecule has 1 aliphatic carbocycles. The van der Waals surface area contributed by atoms with E-state index in [4.69, 9.17) is 0 Å². The van der Waals surface area contributed by atoms with Crippen molar-refractivity contribution in [3.05, 3.63) is 29.8 Å². The summed E-state index contributed by atoms with van der Waals surface area (Å²) >= 11 is 0. The summed E-state index contributed by atoms with van der Waals surface area (Å²) in [4.78, 5) is 23.2. The molecule has 0 spiro atoms. The van der Waals surface area contributed by atoms with Gasteiger partial charge in [-0.05, 0) is 37.5 Å². The highest BCUT2D eigenvalue weighted by atomic mass is 19.4. The largest absolute Gasteiger partial charge is 0.391 e. The number of alkyl halides is 3. The second kappa shape index (κ2) is 7.02. The Morgan fingerprint density at radius 2 is 1.96 bits per heavy atom. The highest BCUT2D eigenvalue weighted by Crippen LogP contribution is 2.37. The fourth-order valence-electron chi connectivity index (χ4n) is 2.83. The predicted molar refractivity (Wildman–Crippen MR) is 80.0 cm³/mol. The zero-order chi connectivity index (χ0) is 17.0. The van der Waals surface area contributed by atoms with Crippen LogP contribution in [-0.4, -0.2) is 24.0 Å². The van der Waals surface area contributed by atoms with Crippen LogP contribution in [0, 0.1) is 5.92 Å². The van der Waals surface area contributed by atoms with E-state index < -0.39 is 24.0 Å². The maximum atomic E-state index is 12.8. The molecule has 0 aromatic heterocycles. The summed E-state index contributed by atoms with van der Waals surface area (Å²) in [5.41, 5.74) is 0.785. The van der Waals surface area contributed by atoms with Gasteiger partial charge in [0.2, 0.25) is 5.91 Å². The van der Waals surface area contributed by atoms with E-state index in [2.05, 4.69) is 10.6 Å². The number of benzene rings is 1. The molecule has 1 aromatic rings. The van der Waals surface area contributed by atoms with E-state index in [1.807, 2.05) is 0 Å². The van der Waals surface area contributed by atoms with Gasteiger partial charge in [-0.2, -0.15) is 13.2 Å². The minimum Gasteiger partial charge on any atom is -0.349 e. The molecule has 1 aromatic carbocycles. The van der Waals surface area contributed by atoms with Gasteiger partial charge in [0.05, 0.1) is 5.92 Å². The first-order chi connectivity index (χ1) is 10.8. The van der Waals surface area contributed by atoms with Crippen molar-refractivity contribution >= 4 is 17.5 Å². The summed E-state index contributed by atoms with van der Waals surface area (Å²) in [6, 6.07) is 5.83. The zero-order valence-corrected chi connectivity index (χ0v) is 12.7. The molecule has 2 N–H and O–H groups in total. The number of anilines is 1. The molecule has 23 heavy (non-hydrogen) atoms. The standard InChI is InChI=1S/C16H19F3N2O2/c1-10(22)20-13-6-2-4-11(8-13)15(23)21-14-7-3-5-12(9-14)16(17,18)19/h2,4,6,8,12,14H,3,5,7,9H2,1H3,(H,20,22)(H,21,23)/t12-,14+/m1/s1. The van der Waals surface area contributed by atoms with Crippen LogP contribution >= 0.6 is 0 Å². The molecule has 1 fully saturated rings. The van der Waals surface area contributed by atoms with E-state index in [1.54, 1.807) is 18.2 Å². The number of nitrogens with one attached hydrogen (secondary N) is 2. The Bertz CT molecular complexity index is 587. The van der Waals surface area contributed by atoms with Crippen LogP contribution in [0.1, 0.15) is 43.0 Å². The first kappa shape index (κ1) is 17.3. The third kappa shape index (κ3) is 4.97. The lowest BCUT2D eigenvalue weighted by Crippen LogP contribution is -2.41. The second-order valence-electron chi connectivity index (χ2n) is 5.84. The Balaban J connectivity index is 2.00. The number of hydrogen-bond donors (Lipinski definition) is 2. The second-order valence-corrected chi connectivity index (χ2v) is 5.84. The van der Waals surface area contributed by atoms with Crippen molar-refractivity contribution in [1.29, 1.82) is 0 Å². The monoisotopic (exact) mass is 328 g/mol. The molecule has 1 saturated carbocycles. The van der Waals surface area contributed by atoms with Crippen LogP contribution < -0.4 is 10.6 Å². The van der Waals surface area contributed by atoms with E-state index >= 15 is 0 Å². The third-order valence-corrected chi connectivity index (χ3v) is 3.92. The van der Waals surface area contributed by atoms with Gasteiger partial charge in [0.1, 0.15) is 0 Å².